The highest BCUT2D eigenvalue weighted by Crippen LogP contribution is 2.27. The van der Waals surface area contributed by atoms with Gasteiger partial charge in [-0.05, 0) is 44.7 Å². The molecule has 0 radical (unpaired) electrons. The van der Waals surface area contributed by atoms with E-state index in [0.29, 0.717) is 13.2 Å². The molecule has 0 amide bonds. The fourth-order valence-electron chi connectivity index (χ4n) is 3.68. The lowest BCUT2D eigenvalue weighted by atomic mass is 10.2. The van der Waals surface area contributed by atoms with Gasteiger partial charge in [0.2, 0.25) is 0 Å². The van der Waals surface area contributed by atoms with Crippen LogP contribution in [0.15, 0.2) is 72.9 Å². The normalized spacial score (nSPS) is 11.1. The zero-order chi connectivity index (χ0) is 22.3. The Morgan fingerprint density at radius 2 is 1.66 bits per heavy atom. The van der Waals surface area contributed by atoms with Crippen molar-refractivity contribution in [1.29, 1.82) is 0 Å². The highest BCUT2D eigenvalue weighted by molar-refractivity contribution is 5.85. The predicted molar refractivity (Wildman–Crippen MR) is 128 cm³/mol. The van der Waals surface area contributed by atoms with Crippen molar-refractivity contribution < 1.29 is 9.47 Å². The lowest BCUT2D eigenvalue weighted by Crippen LogP contribution is -2.24. The van der Waals surface area contributed by atoms with Crippen molar-refractivity contribution in [2.45, 2.75) is 27.0 Å². The fraction of sp³-hybridized carbons (Fsp3) is 0.259. The topological polar surface area (TPSA) is 47.5 Å². The number of aryl methyl sites for hydroxylation is 1. The minimum absolute atomic E-state index is 0.379. The maximum absolute atomic E-state index is 6.16. The summed E-state index contributed by atoms with van der Waals surface area (Å²) in [5.41, 5.74) is 5.05. The van der Waals surface area contributed by atoms with E-state index in [0.717, 1.165) is 52.4 Å². The van der Waals surface area contributed by atoms with Crippen molar-refractivity contribution in [3.63, 3.8) is 0 Å². The van der Waals surface area contributed by atoms with Gasteiger partial charge in [0.15, 0.2) is 0 Å². The second-order valence-corrected chi connectivity index (χ2v) is 8.02. The van der Waals surface area contributed by atoms with Crippen LogP contribution in [0.25, 0.3) is 10.9 Å². The van der Waals surface area contributed by atoms with Crippen molar-refractivity contribution in [3.05, 3.63) is 95.4 Å². The summed E-state index contributed by atoms with van der Waals surface area (Å²) in [6, 6.07) is 22.4. The molecule has 0 saturated carbocycles. The number of aromatic nitrogens is 2. The Morgan fingerprint density at radius 3 is 2.50 bits per heavy atom. The lowest BCUT2D eigenvalue weighted by molar-refractivity contribution is 0.231. The maximum atomic E-state index is 6.16. The summed E-state index contributed by atoms with van der Waals surface area (Å²) in [5, 5.41) is 1.00. The smallest absolute Gasteiger partial charge is 0.131 e. The number of hydrogen-bond donors (Lipinski definition) is 0. The Balaban J connectivity index is 1.37. The van der Waals surface area contributed by atoms with Gasteiger partial charge in [0.05, 0.1) is 11.2 Å². The van der Waals surface area contributed by atoms with E-state index in [9.17, 15) is 0 Å². The maximum Gasteiger partial charge on any atom is 0.131 e. The van der Waals surface area contributed by atoms with E-state index in [-0.39, 0.29) is 0 Å². The Bertz CT molecular complexity index is 1180. The van der Waals surface area contributed by atoms with Crippen molar-refractivity contribution >= 4 is 10.9 Å². The van der Waals surface area contributed by atoms with Gasteiger partial charge in [0, 0.05) is 42.0 Å². The average Bonchev–Trinajstić information content (AvgIpc) is 2.80. The van der Waals surface area contributed by atoms with Gasteiger partial charge in [-0.3, -0.25) is 14.9 Å². The summed E-state index contributed by atoms with van der Waals surface area (Å²) >= 11 is 0. The minimum Gasteiger partial charge on any atom is -0.492 e. The highest BCUT2D eigenvalue weighted by Gasteiger charge is 2.10. The Labute approximate surface area is 189 Å². The molecule has 0 N–H and O–H groups in total. The van der Waals surface area contributed by atoms with Crippen LogP contribution < -0.4 is 9.47 Å². The molecule has 0 spiro atoms. The van der Waals surface area contributed by atoms with Gasteiger partial charge >= 0.3 is 0 Å². The van der Waals surface area contributed by atoms with Crippen LogP contribution in [0.3, 0.4) is 0 Å². The second kappa shape index (κ2) is 10.2. The van der Waals surface area contributed by atoms with Crippen molar-refractivity contribution in [3.8, 4) is 11.5 Å². The number of pyridine rings is 2. The van der Waals surface area contributed by atoms with Crippen LogP contribution >= 0.6 is 0 Å². The summed E-state index contributed by atoms with van der Waals surface area (Å²) in [4.78, 5) is 11.4. The molecule has 0 fully saturated rings. The molecule has 0 aliphatic rings. The standard InChI is InChI=1S/C27H29N3O2/c1-20-17-27(23-11-7-8-12-24(23)29-20)32-19-25-21(2)26(13-14-28-25)31-16-15-30(3)18-22-9-5-4-6-10-22/h4-14,17H,15-16,18-19H2,1-3H3. The van der Waals surface area contributed by atoms with E-state index in [2.05, 4.69) is 46.2 Å². The van der Waals surface area contributed by atoms with Gasteiger partial charge in [-0.1, -0.05) is 42.5 Å². The largest absolute Gasteiger partial charge is 0.492 e. The summed E-state index contributed by atoms with van der Waals surface area (Å²) in [5.74, 6) is 1.67. The van der Waals surface area contributed by atoms with E-state index >= 15 is 0 Å². The molecule has 0 saturated heterocycles. The number of para-hydroxylation sites is 1. The number of hydrogen-bond acceptors (Lipinski definition) is 5. The van der Waals surface area contributed by atoms with E-state index in [4.69, 9.17) is 9.47 Å². The Morgan fingerprint density at radius 1 is 0.875 bits per heavy atom. The van der Waals surface area contributed by atoms with Crippen LogP contribution in [0.5, 0.6) is 11.5 Å². The van der Waals surface area contributed by atoms with Gasteiger partial charge in [-0.15, -0.1) is 0 Å². The third-order valence-corrected chi connectivity index (χ3v) is 5.46. The SMILES string of the molecule is Cc1cc(OCc2nccc(OCCN(C)Cc3ccccc3)c2C)c2ccccc2n1. The molecule has 0 unspecified atom stereocenters. The van der Waals surface area contributed by atoms with E-state index in [1.54, 1.807) is 6.20 Å². The zero-order valence-corrected chi connectivity index (χ0v) is 18.9. The molecule has 164 valence electrons. The number of rotatable bonds is 9. The zero-order valence-electron chi connectivity index (χ0n) is 18.9. The van der Waals surface area contributed by atoms with Crippen molar-refractivity contribution in [2.24, 2.45) is 0 Å². The summed E-state index contributed by atoms with van der Waals surface area (Å²) < 4.78 is 12.2. The molecule has 2 aromatic heterocycles. The quantitative estimate of drug-likeness (QED) is 0.361. The molecule has 2 heterocycles. The molecule has 5 nitrogen and oxygen atoms in total. The van der Waals surface area contributed by atoms with Crippen LogP contribution in [0.2, 0.25) is 0 Å². The Hall–Kier alpha value is -3.44. The molecule has 4 aromatic rings. The molecule has 0 atom stereocenters. The van der Waals surface area contributed by atoms with Crippen LogP contribution in [0.4, 0.5) is 0 Å². The highest BCUT2D eigenvalue weighted by atomic mass is 16.5. The van der Waals surface area contributed by atoms with E-state index < -0.39 is 0 Å². The molecule has 0 aliphatic heterocycles. The first-order valence-corrected chi connectivity index (χ1v) is 10.9. The minimum atomic E-state index is 0.379. The molecular formula is C27H29N3O2. The fourth-order valence-corrected chi connectivity index (χ4v) is 3.68. The Kier molecular flexibility index (Phi) is 6.97. The van der Waals surface area contributed by atoms with Crippen molar-refractivity contribution in [2.75, 3.05) is 20.2 Å². The average molecular weight is 428 g/mol. The molecule has 0 aliphatic carbocycles. The predicted octanol–water partition coefficient (Wildman–Crippen LogP) is 5.34. The molecule has 2 aromatic carbocycles. The van der Waals surface area contributed by atoms with Gasteiger partial charge in [-0.25, -0.2) is 0 Å². The summed E-state index contributed by atoms with van der Waals surface area (Å²) in [6.07, 6.45) is 1.78. The van der Waals surface area contributed by atoms with Crippen LogP contribution in [-0.2, 0) is 13.2 Å². The first-order chi connectivity index (χ1) is 15.6. The number of ether oxygens (including phenoxy) is 2. The molecule has 4 rings (SSSR count). The number of fused-ring (bicyclic) bond motifs is 1. The molecule has 5 heteroatoms. The van der Waals surface area contributed by atoms with E-state index in [1.165, 1.54) is 5.56 Å². The second-order valence-electron chi connectivity index (χ2n) is 8.02. The van der Waals surface area contributed by atoms with Gasteiger partial charge in [0.1, 0.15) is 24.7 Å². The third-order valence-electron chi connectivity index (χ3n) is 5.46. The van der Waals surface area contributed by atoms with Crippen LogP contribution in [-0.4, -0.2) is 35.1 Å². The lowest BCUT2D eigenvalue weighted by Gasteiger charge is -2.18. The van der Waals surface area contributed by atoms with Crippen LogP contribution in [0.1, 0.15) is 22.5 Å². The van der Waals surface area contributed by atoms with Gasteiger partial charge in [-0.2, -0.15) is 0 Å². The number of likely N-dealkylation sites (N-methyl/N-ethyl adjacent to an activating group) is 1. The van der Waals surface area contributed by atoms with Crippen molar-refractivity contribution in [1.82, 2.24) is 14.9 Å². The summed E-state index contributed by atoms with van der Waals surface area (Å²) in [7, 11) is 2.11. The molecular weight excluding hydrogens is 398 g/mol. The van der Waals surface area contributed by atoms with Gasteiger partial charge in [0.25, 0.3) is 0 Å². The monoisotopic (exact) mass is 427 g/mol. The first-order valence-electron chi connectivity index (χ1n) is 10.9. The van der Waals surface area contributed by atoms with E-state index in [1.807, 2.05) is 56.3 Å². The third kappa shape index (κ3) is 5.42. The number of benzene rings is 2. The first kappa shape index (κ1) is 21.8. The summed E-state index contributed by atoms with van der Waals surface area (Å²) in [6.45, 7) is 6.74. The van der Waals surface area contributed by atoms with Gasteiger partial charge < -0.3 is 9.47 Å². The van der Waals surface area contributed by atoms with Crippen LogP contribution in [0, 0.1) is 13.8 Å². The molecule has 32 heavy (non-hydrogen) atoms. The number of nitrogens with zero attached hydrogens (tertiary/aromatic N) is 3. The molecule has 0 bridgehead atoms.